The van der Waals surface area contributed by atoms with Gasteiger partial charge in [-0.2, -0.15) is 0 Å². The second kappa shape index (κ2) is 6.24. The summed E-state index contributed by atoms with van der Waals surface area (Å²) in [5.74, 6) is -0.273. The molecule has 1 aromatic carbocycles. The first-order chi connectivity index (χ1) is 9.52. The molecule has 1 saturated heterocycles. The summed E-state index contributed by atoms with van der Waals surface area (Å²) in [7, 11) is 0. The molecule has 1 fully saturated rings. The number of β-amino-alcohol motifs (C(OH)–C–C–N with tert-alkyl or cyclic N) is 1. The predicted octanol–water partition coefficient (Wildman–Crippen LogP) is 2.09. The van der Waals surface area contributed by atoms with Gasteiger partial charge in [0, 0.05) is 5.02 Å². The van der Waals surface area contributed by atoms with E-state index in [0.29, 0.717) is 17.0 Å². The lowest BCUT2D eigenvalue weighted by Gasteiger charge is -2.18. The third-order valence-electron chi connectivity index (χ3n) is 3.29. The van der Waals surface area contributed by atoms with E-state index in [1.165, 1.54) is 0 Å². The number of hydrogen-bond donors (Lipinski definition) is 2. The molecule has 0 bridgehead atoms. The Morgan fingerprint density at radius 2 is 2.00 bits per heavy atom. The van der Waals surface area contributed by atoms with Crippen LogP contribution < -0.4 is 5.32 Å². The lowest BCUT2D eigenvalue weighted by atomic mass is 10.1. The molecule has 1 heterocycles. The second-order valence-electron chi connectivity index (χ2n) is 4.81. The van der Waals surface area contributed by atoms with Gasteiger partial charge in [-0.3, -0.25) is 9.69 Å². The molecule has 108 valence electrons. The Morgan fingerprint density at radius 1 is 1.35 bits per heavy atom. The van der Waals surface area contributed by atoms with Crippen molar-refractivity contribution >= 4 is 23.5 Å². The maximum atomic E-state index is 12.0. The van der Waals surface area contributed by atoms with Gasteiger partial charge in [-0.05, 0) is 24.1 Å². The molecule has 0 aromatic heterocycles. The summed E-state index contributed by atoms with van der Waals surface area (Å²) in [6.07, 6.45) is 0.505. The predicted molar refractivity (Wildman–Crippen MR) is 75.4 cm³/mol. The van der Waals surface area contributed by atoms with E-state index in [2.05, 4.69) is 5.32 Å². The molecular formula is C14H17ClN2O3. The molecule has 0 spiro atoms. The summed E-state index contributed by atoms with van der Waals surface area (Å²) in [5.41, 5.74) is 0.619. The third kappa shape index (κ3) is 3.11. The van der Waals surface area contributed by atoms with Crippen molar-refractivity contribution in [1.82, 2.24) is 10.2 Å². The van der Waals surface area contributed by atoms with Gasteiger partial charge in [0.05, 0.1) is 12.6 Å². The van der Waals surface area contributed by atoms with Crippen LogP contribution in [-0.2, 0) is 4.79 Å². The van der Waals surface area contributed by atoms with Crippen molar-refractivity contribution in [2.24, 2.45) is 0 Å². The summed E-state index contributed by atoms with van der Waals surface area (Å²) >= 11 is 5.78. The van der Waals surface area contributed by atoms with Gasteiger partial charge in [0.15, 0.2) is 0 Å². The standard InChI is InChI=1S/C14H17ClN2O3/c1-2-3-11-13(19)17(14(20)16-11)8-12(18)9-4-6-10(15)7-5-9/h4-7,11-12,18H,2-3,8H2,1H3,(H,16,20). The number of carbonyl (C=O) groups excluding carboxylic acids is 2. The number of halogens is 1. The molecule has 3 amide bonds. The minimum atomic E-state index is -0.914. The molecule has 5 nitrogen and oxygen atoms in total. The van der Waals surface area contributed by atoms with Crippen LogP contribution in [0.2, 0.25) is 5.02 Å². The quantitative estimate of drug-likeness (QED) is 0.818. The zero-order chi connectivity index (χ0) is 14.7. The van der Waals surface area contributed by atoms with Crippen LogP contribution in [-0.4, -0.2) is 34.5 Å². The molecule has 0 radical (unpaired) electrons. The molecule has 1 aromatic rings. The summed E-state index contributed by atoms with van der Waals surface area (Å²) < 4.78 is 0. The maximum Gasteiger partial charge on any atom is 0.324 e. The average molecular weight is 297 g/mol. The van der Waals surface area contributed by atoms with E-state index >= 15 is 0 Å². The Balaban J connectivity index is 2.04. The fourth-order valence-corrected chi connectivity index (χ4v) is 2.32. The number of rotatable bonds is 5. The van der Waals surface area contributed by atoms with Gasteiger partial charge < -0.3 is 10.4 Å². The molecule has 20 heavy (non-hydrogen) atoms. The summed E-state index contributed by atoms with van der Waals surface area (Å²) in [6, 6.07) is 5.76. The molecule has 1 aliphatic rings. The number of carbonyl (C=O) groups is 2. The van der Waals surface area contributed by atoms with Crippen LogP contribution in [0.1, 0.15) is 31.4 Å². The van der Waals surface area contributed by atoms with Gasteiger partial charge in [0.2, 0.25) is 0 Å². The lowest BCUT2D eigenvalue weighted by Crippen LogP contribution is -2.35. The number of urea groups is 1. The van der Waals surface area contributed by atoms with Gasteiger partial charge in [0.1, 0.15) is 6.04 Å². The van der Waals surface area contributed by atoms with Crippen LogP contribution in [0.25, 0.3) is 0 Å². The SMILES string of the molecule is CCCC1NC(=O)N(CC(O)c2ccc(Cl)cc2)C1=O. The smallest absolute Gasteiger partial charge is 0.324 e. The number of nitrogens with one attached hydrogen (secondary N) is 1. The molecule has 2 N–H and O–H groups in total. The van der Waals surface area contributed by atoms with E-state index in [9.17, 15) is 14.7 Å². The van der Waals surface area contributed by atoms with E-state index in [4.69, 9.17) is 11.6 Å². The minimum Gasteiger partial charge on any atom is -0.387 e. The highest BCUT2D eigenvalue weighted by Gasteiger charge is 2.38. The first-order valence-electron chi connectivity index (χ1n) is 6.58. The van der Waals surface area contributed by atoms with Crippen LogP contribution in [0.5, 0.6) is 0 Å². The van der Waals surface area contributed by atoms with Crippen molar-refractivity contribution in [3.05, 3.63) is 34.9 Å². The lowest BCUT2D eigenvalue weighted by molar-refractivity contribution is -0.128. The molecular weight excluding hydrogens is 280 g/mol. The van der Waals surface area contributed by atoms with Gasteiger partial charge >= 0.3 is 6.03 Å². The number of benzene rings is 1. The molecule has 1 aliphatic heterocycles. The molecule has 0 saturated carbocycles. The van der Waals surface area contributed by atoms with Crippen LogP contribution in [0.3, 0.4) is 0 Å². The normalized spacial score (nSPS) is 20.1. The van der Waals surface area contributed by atoms with E-state index in [-0.39, 0.29) is 12.5 Å². The maximum absolute atomic E-state index is 12.0. The van der Waals surface area contributed by atoms with E-state index < -0.39 is 18.2 Å². The minimum absolute atomic E-state index is 0.0491. The summed E-state index contributed by atoms with van der Waals surface area (Å²) in [4.78, 5) is 24.9. The zero-order valence-electron chi connectivity index (χ0n) is 11.2. The largest absolute Gasteiger partial charge is 0.387 e. The third-order valence-corrected chi connectivity index (χ3v) is 3.55. The number of imide groups is 1. The van der Waals surface area contributed by atoms with E-state index in [1.54, 1.807) is 24.3 Å². The number of aliphatic hydroxyl groups excluding tert-OH is 1. The highest BCUT2D eigenvalue weighted by Crippen LogP contribution is 2.20. The summed E-state index contributed by atoms with van der Waals surface area (Å²) in [6.45, 7) is 1.90. The van der Waals surface area contributed by atoms with Crippen molar-refractivity contribution in [2.75, 3.05) is 6.54 Å². The Morgan fingerprint density at radius 3 is 2.60 bits per heavy atom. The first-order valence-corrected chi connectivity index (χ1v) is 6.96. The monoisotopic (exact) mass is 296 g/mol. The Labute approximate surface area is 122 Å². The average Bonchev–Trinajstić information content (AvgIpc) is 2.68. The highest BCUT2D eigenvalue weighted by molar-refractivity contribution is 6.30. The van der Waals surface area contributed by atoms with Crippen molar-refractivity contribution in [3.8, 4) is 0 Å². The summed E-state index contributed by atoms with van der Waals surface area (Å²) in [5, 5.41) is 13.3. The Hall–Kier alpha value is -1.59. The van der Waals surface area contributed by atoms with Crippen LogP contribution in [0.15, 0.2) is 24.3 Å². The fraction of sp³-hybridized carbons (Fsp3) is 0.429. The van der Waals surface area contributed by atoms with Crippen molar-refractivity contribution < 1.29 is 14.7 Å². The van der Waals surface area contributed by atoms with Crippen LogP contribution in [0.4, 0.5) is 4.79 Å². The van der Waals surface area contributed by atoms with Crippen molar-refractivity contribution in [3.63, 3.8) is 0 Å². The number of hydrogen-bond acceptors (Lipinski definition) is 3. The number of aliphatic hydroxyl groups is 1. The molecule has 0 aliphatic carbocycles. The topological polar surface area (TPSA) is 69.6 Å². The van der Waals surface area contributed by atoms with Crippen LogP contribution >= 0.6 is 11.6 Å². The van der Waals surface area contributed by atoms with Gasteiger partial charge in [-0.15, -0.1) is 0 Å². The zero-order valence-corrected chi connectivity index (χ0v) is 11.9. The van der Waals surface area contributed by atoms with E-state index in [1.807, 2.05) is 6.92 Å². The Kier molecular flexibility index (Phi) is 4.62. The Bertz CT molecular complexity index is 504. The molecule has 2 rings (SSSR count). The second-order valence-corrected chi connectivity index (χ2v) is 5.24. The fourth-order valence-electron chi connectivity index (χ4n) is 2.20. The van der Waals surface area contributed by atoms with E-state index in [0.717, 1.165) is 11.3 Å². The molecule has 2 atom stereocenters. The number of amides is 3. The highest BCUT2D eigenvalue weighted by atomic mass is 35.5. The van der Waals surface area contributed by atoms with Gasteiger partial charge in [-0.1, -0.05) is 37.1 Å². The van der Waals surface area contributed by atoms with Gasteiger partial charge in [0.25, 0.3) is 5.91 Å². The van der Waals surface area contributed by atoms with Crippen molar-refractivity contribution in [1.29, 1.82) is 0 Å². The van der Waals surface area contributed by atoms with Gasteiger partial charge in [-0.25, -0.2) is 4.79 Å². The first kappa shape index (κ1) is 14.8. The number of nitrogens with zero attached hydrogens (tertiary/aromatic N) is 1. The molecule has 2 unspecified atom stereocenters. The van der Waals surface area contributed by atoms with Crippen molar-refractivity contribution in [2.45, 2.75) is 31.9 Å². The molecule has 6 heteroatoms. The van der Waals surface area contributed by atoms with Crippen LogP contribution in [0, 0.1) is 0 Å².